The van der Waals surface area contributed by atoms with Gasteiger partial charge in [-0.3, -0.25) is 0 Å². The molecule has 0 aliphatic heterocycles. The van der Waals surface area contributed by atoms with Gasteiger partial charge in [-0.05, 0) is 32.4 Å². The minimum absolute atomic E-state index is 0.851. The van der Waals surface area contributed by atoms with Gasteiger partial charge in [-0.25, -0.2) is 4.68 Å². The van der Waals surface area contributed by atoms with E-state index in [1.165, 1.54) is 22.4 Å². The average molecular weight is 279 g/mol. The molecule has 2 aromatic rings. The van der Waals surface area contributed by atoms with Crippen LogP contribution in [0.4, 0.5) is 0 Å². The van der Waals surface area contributed by atoms with Crippen LogP contribution in [-0.4, -0.2) is 9.78 Å². The van der Waals surface area contributed by atoms with E-state index in [0.717, 1.165) is 11.0 Å². The summed E-state index contributed by atoms with van der Waals surface area (Å²) in [7, 11) is 0. The van der Waals surface area contributed by atoms with E-state index >= 15 is 0 Å². The highest BCUT2D eigenvalue weighted by Gasteiger charge is 2.08. The molecule has 1 aromatic carbocycles. The van der Waals surface area contributed by atoms with E-state index in [2.05, 4.69) is 60.0 Å². The van der Waals surface area contributed by atoms with Crippen LogP contribution < -0.4 is 0 Å². The van der Waals surface area contributed by atoms with E-state index in [4.69, 9.17) is 0 Å². The van der Waals surface area contributed by atoms with Crippen LogP contribution in [0.3, 0.4) is 0 Å². The standard InChI is InChI=1S/C13H15BrN2/c1-9-4-5-13(10(2)6-9)16-11(3)12(7-14)8-15-16/h4-6,8H,7H2,1-3H3. The second-order valence-corrected chi connectivity index (χ2v) is 4.65. The van der Waals surface area contributed by atoms with Crippen molar-refractivity contribution in [2.24, 2.45) is 0 Å². The predicted octanol–water partition coefficient (Wildman–Crippen LogP) is 3.69. The van der Waals surface area contributed by atoms with Gasteiger partial charge in [0.15, 0.2) is 0 Å². The lowest BCUT2D eigenvalue weighted by Crippen LogP contribution is -2.01. The molecular formula is C13H15BrN2. The van der Waals surface area contributed by atoms with Gasteiger partial charge in [0.1, 0.15) is 0 Å². The molecule has 2 nitrogen and oxygen atoms in total. The van der Waals surface area contributed by atoms with Crippen LogP contribution in [0.1, 0.15) is 22.4 Å². The Bertz CT molecular complexity index is 515. The summed E-state index contributed by atoms with van der Waals surface area (Å²) in [5.74, 6) is 0. The second kappa shape index (κ2) is 4.42. The highest BCUT2D eigenvalue weighted by atomic mass is 79.9. The van der Waals surface area contributed by atoms with E-state index in [9.17, 15) is 0 Å². The zero-order valence-electron chi connectivity index (χ0n) is 9.79. The molecule has 0 unspecified atom stereocenters. The molecule has 0 bridgehead atoms. The summed E-state index contributed by atoms with van der Waals surface area (Å²) in [6.45, 7) is 6.33. The van der Waals surface area contributed by atoms with Crippen molar-refractivity contribution < 1.29 is 0 Å². The zero-order chi connectivity index (χ0) is 11.7. The Morgan fingerprint density at radius 2 is 2.00 bits per heavy atom. The van der Waals surface area contributed by atoms with Crippen LogP contribution in [0, 0.1) is 20.8 Å². The van der Waals surface area contributed by atoms with Gasteiger partial charge in [0.05, 0.1) is 11.9 Å². The number of benzene rings is 1. The molecule has 16 heavy (non-hydrogen) atoms. The van der Waals surface area contributed by atoms with Gasteiger partial charge in [0.25, 0.3) is 0 Å². The van der Waals surface area contributed by atoms with E-state index < -0.39 is 0 Å². The van der Waals surface area contributed by atoms with Crippen LogP contribution >= 0.6 is 15.9 Å². The van der Waals surface area contributed by atoms with Gasteiger partial charge < -0.3 is 0 Å². The maximum absolute atomic E-state index is 4.43. The molecule has 0 atom stereocenters. The van der Waals surface area contributed by atoms with E-state index in [1.54, 1.807) is 0 Å². The fourth-order valence-corrected chi connectivity index (χ4v) is 2.41. The predicted molar refractivity (Wildman–Crippen MR) is 70.4 cm³/mol. The second-order valence-electron chi connectivity index (χ2n) is 4.09. The van der Waals surface area contributed by atoms with Crippen LogP contribution in [0.2, 0.25) is 0 Å². The molecule has 0 fully saturated rings. The molecule has 2 rings (SSSR count). The smallest absolute Gasteiger partial charge is 0.0678 e. The van der Waals surface area contributed by atoms with Crippen molar-refractivity contribution in [2.45, 2.75) is 26.1 Å². The highest BCUT2D eigenvalue weighted by Crippen LogP contribution is 2.19. The van der Waals surface area contributed by atoms with Gasteiger partial charge in [-0.2, -0.15) is 5.10 Å². The highest BCUT2D eigenvalue weighted by molar-refractivity contribution is 9.08. The fourth-order valence-electron chi connectivity index (χ4n) is 1.86. The normalized spacial score (nSPS) is 10.8. The van der Waals surface area contributed by atoms with E-state index in [0.29, 0.717) is 0 Å². The quantitative estimate of drug-likeness (QED) is 0.766. The number of rotatable bonds is 2. The van der Waals surface area contributed by atoms with Crippen LogP contribution in [0.25, 0.3) is 5.69 Å². The Morgan fingerprint density at radius 1 is 1.25 bits per heavy atom. The lowest BCUT2D eigenvalue weighted by molar-refractivity contribution is 0.838. The summed E-state index contributed by atoms with van der Waals surface area (Å²) < 4.78 is 2.01. The van der Waals surface area contributed by atoms with E-state index in [1.807, 2.05) is 10.9 Å². The molecule has 0 aliphatic rings. The first-order valence-electron chi connectivity index (χ1n) is 5.30. The SMILES string of the molecule is Cc1ccc(-n2ncc(CBr)c2C)c(C)c1. The van der Waals surface area contributed by atoms with Gasteiger partial charge in [-0.1, -0.05) is 33.6 Å². The average Bonchev–Trinajstić information content (AvgIpc) is 2.60. The van der Waals surface area contributed by atoms with Gasteiger partial charge in [-0.15, -0.1) is 0 Å². The minimum Gasteiger partial charge on any atom is -0.238 e. The molecule has 1 aromatic heterocycles. The number of alkyl halides is 1. The van der Waals surface area contributed by atoms with Crippen molar-refractivity contribution in [3.63, 3.8) is 0 Å². The van der Waals surface area contributed by atoms with Crippen LogP contribution in [-0.2, 0) is 5.33 Å². The molecule has 0 amide bonds. The first-order chi connectivity index (χ1) is 7.63. The summed E-state index contributed by atoms with van der Waals surface area (Å²) in [5, 5.41) is 5.28. The summed E-state index contributed by atoms with van der Waals surface area (Å²) in [6.07, 6.45) is 1.92. The van der Waals surface area contributed by atoms with Crippen molar-refractivity contribution in [1.29, 1.82) is 0 Å². The lowest BCUT2D eigenvalue weighted by atomic mass is 10.1. The Morgan fingerprint density at radius 3 is 2.56 bits per heavy atom. The van der Waals surface area contributed by atoms with Gasteiger partial charge in [0.2, 0.25) is 0 Å². The summed E-state index contributed by atoms with van der Waals surface area (Å²) in [6, 6.07) is 6.43. The Hall–Kier alpha value is -1.09. The molecule has 3 heteroatoms. The molecule has 0 saturated heterocycles. The Kier molecular flexibility index (Phi) is 3.15. The third-order valence-corrected chi connectivity index (χ3v) is 3.44. The van der Waals surface area contributed by atoms with E-state index in [-0.39, 0.29) is 0 Å². The molecular weight excluding hydrogens is 264 g/mol. The summed E-state index contributed by atoms with van der Waals surface area (Å²) in [4.78, 5) is 0. The number of aryl methyl sites for hydroxylation is 2. The first kappa shape index (κ1) is 11.4. The topological polar surface area (TPSA) is 17.8 Å². The van der Waals surface area contributed by atoms with Crippen molar-refractivity contribution in [1.82, 2.24) is 9.78 Å². The van der Waals surface area contributed by atoms with Gasteiger partial charge in [0, 0.05) is 16.6 Å². The molecule has 0 spiro atoms. The number of hydrogen-bond acceptors (Lipinski definition) is 1. The van der Waals surface area contributed by atoms with Crippen molar-refractivity contribution in [2.75, 3.05) is 0 Å². The number of nitrogens with zero attached hydrogens (tertiary/aromatic N) is 2. The maximum Gasteiger partial charge on any atom is 0.0678 e. The molecule has 0 saturated carbocycles. The largest absolute Gasteiger partial charge is 0.238 e. The van der Waals surface area contributed by atoms with Gasteiger partial charge >= 0.3 is 0 Å². The summed E-state index contributed by atoms with van der Waals surface area (Å²) in [5.41, 5.74) is 6.14. The van der Waals surface area contributed by atoms with Crippen molar-refractivity contribution in [3.05, 3.63) is 46.8 Å². The zero-order valence-corrected chi connectivity index (χ0v) is 11.4. The number of hydrogen-bond donors (Lipinski definition) is 0. The number of aromatic nitrogens is 2. The lowest BCUT2D eigenvalue weighted by Gasteiger charge is -2.09. The maximum atomic E-state index is 4.43. The van der Waals surface area contributed by atoms with Crippen LogP contribution in [0.15, 0.2) is 24.4 Å². The Labute approximate surface area is 104 Å². The third-order valence-electron chi connectivity index (χ3n) is 2.84. The first-order valence-corrected chi connectivity index (χ1v) is 6.42. The minimum atomic E-state index is 0.851. The monoisotopic (exact) mass is 278 g/mol. The fraction of sp³-hybridized carbons (Fsp3) is 0.308. The molecule has 0 radical (unpaired) electrons. The van der Waals surface area contributed by atoms with Crippen molar-refractivity contribution in [3.8, 4) is 5.69 Å². The number of halogens is 1. The molecule has 0 N–H and O–H groups in total. The molecule has 0 aliphatic carbocycles. The van der Waals surface area contributed by atoms with Crippen molar-refractivity contribution >= 4 is 15.9 Å². The summed E-state index contributed by atoms with van der Waals surface area (Å²) >= 11 is 3.47. The Balaban J connectivity index is 2.54. The van der Waals surface area contributed by atoms with Crippen LogP contribution in [0.5, 0.6) is 0 Å². The third kappa shape index (κ3) is 1.92. The molecule has 84 valence electrons. The molecule has 1 heterocycles.